The smallest absolute Gasteiger partial charge is 0.340 e. The van der Waals surface area contributed by atoms with Crippen LogP contribution in [0.15, 0.2) is 42.0 Å². The van der Waals surface area contributed by atoms with Crippen LogP contribution in [0.3, 0.4) is 0 Å². The molecule has 0 aromatic heterocycles. The van der Waals surface area contributed by atoms with Gasteiger partial charge in [-0.15, -0.1) is 0 Å². The van der Waals surface area contributed by atoms with Gasteiger partial charge in [-0.05, 0) is 30.3 Å². The summed E-state index contributed by atoms with van der Waals surface area (Å²) in [6.07, 6.45) is -18.0. The molecule has 1 spiro atoms. The molecule has 0 amide bonds. The van der Waals surface area contributed by atoms with Crippen molar-refractivity contribution in [3.05, 3.63) is 86.5 Å². The number of esters is 5. The Hall–Kier alpha value is -11.6. The molecule has 31 heteroatoms. The Morgan fingerprint density at radius 1 is 0.419 bits per heavy atom. The van der Waals surface area contributed by atoms with Crippen LogP contribution in [0.4, 0.5) is 0 Å². The minimum Gasteiger partial charge on any atom is -0.507 e. The maximum Gasteiger partial charge on any atom is 0.340 e. The van der Waals surface area contributed by atoms with Crippen molar-refractivity contribution in [2.24, 2.45) is 0 Å². The number of carbonyl (C=O) groups excluding carboxylic acids is 6. The first-order chi connectivity index (χ1) is 40.6. The van der Waals surface area contributed by atoms with Crippen LogP contribution in [0.25, 0.3) is 27.8 Å². The van der Waals surface area contributed by atoms with Crippen molar-refractivity contribution in [1.29, 1.82) is 0 Å². The number of phenols is 16. The Kier molecular flexibility index (Phi) is 11.1. The molecular weight excluding hydrogens is 1160 g/mol. The highest BCUT2D eigenvalue weighted by molar-refractivity contribution is 6.25. The SMILES string of the molecule is O=C1OC2C3OC(=O)c4c(c(O)c(O)c(O)c4-c4c(cc(O)c(O)c4O)C(=O)OC4COC(=O)c5cc(O)c(O)c(O)c5-c5c(cc(O)c(O)c5O)C(=O)OC43)C3=C1C1(Oc4cc5c(c(O)c4C21)CC(O)C(c1cc(O)c(O)c(O)c1)O5)C(=O)C3O. The van der Waals surface area contributed by atoms with Crippen molar-refractivity contribution in [2.45, 2.75) is 60.7 Å². The van der Waals surface area contributed by atoms with Gasteiger partial charge in [-0.2, -0.15) is 0 Å². The van der Waals surface area contributed by atoms with Crippen LogP contribution in [0.2, 0.25) is 0 Å². The minimum atomic E-state index is -3.23. The number of fused-ring (bicyclic) bond motifs is 17. The number of phenolic OH excluding ortho intramolecular Hbond substituents is 16. The lowest BCUT2D eigenvalue weighted by atomic mass is 9.70. The summed E-state index contributed by atoms with van der Waals surface area (Å²) in [6.45, 7) is -1.59. The van der Waals surface area contributed by atoms with E-state index >= 15 is 24.0 Å². The van der Waals surface area contributed by atoms with Crippen LogP contribution in [0.5, 0.6) is 103 Å². The molecule has 4 bridgehead atoms. The van der Waals surface area contributed by atoms with Crippen LogP contribution < -0.4 is 9.47 Å². The number of Topliss-reactive ketones (excluding diaryl/α,β-unsaturated/α-hetero) is 1. The van der Waals surface area contributed by atoms with Crippen LogP contribution in [-0.2, 0) is 39.7 Å². The molecule has 6 aromatic carbocycles. The predicted octanol–water partition coefficient (Wildman–Crippen LogP) is 1.36. The van der Waals surface area contributed by atoms with Crippen molar-refractivity contribution < 1.29 is 154 Å². The monoisotopic (exact) mass is 1190 g/mol. The Morgan fingerprint density at radius 2 is 0.907 bits per heavy atom. The number of rotatable bonds is 1. The number of carbonyl (C=O) groups is 6. The molecule has 13 rings (SSSR count). The number of cyclic esters (lactones) is 1. The highest BCUT2D eigenvalue weighted by Crippen LogP contribution is 2.67. The van der Waals surface area contributed by atoms with Gasteiger partial charge in [0.15, 0.2) is 93.8 Å². The van der Waals surface area contributed by atoms with Gasteiger partial charge in [-0.1, -0.05) is 0 Å². The van der Waals surface area contributed by atoms with Gasteiger partial charge in [0.05, 0.1) is 39.8 Å². The number of ether oxygens (including phenoxy) is 7. The van der Waals surface area contributed by atoms with E-state index in [2.05, 4.69) is 0 Å². The second kappa shape index (κ2) is 17.7. The van der Waals surface area contributed by atoms with Gasteiger partial charge < -0.3 is 125 Å². The van der Waals surface area contributed by atoms with Crippen LogP contribution in [0.1, 0.15) is 75.7 Å². The van der Waals surface area contributed by atoms with Gasteiger partial charge in [0.25, 0.3) is 0 Å². The summed E-state index contributed by atoms with van der Waals surface area (Å²) < 4.78 is 42.1. The van der Waals surface area contributed by atoms with E-state index in [0.717, 1.165) is 18.2 Å². The fourth-order valence-electron chi connectivity index (χ4n) is 12.3. The van der Waals surface area contributed by atoms with E-state index < -0.39 is 273 Å². The topological polar surface area (TPSA) is 531 Å². The predicted molar refractivity (Wildman–Crippen MR) is 268 cm³/mol. The third-order valence-corrected chi connectivity index (χ3v) is 16.1. The number of hydrogen-bond acceptors (Lipinski definition) is 31. The molecule has 0 saturated carbocycles. The molecule has 9 unspecified atom stereocenters. The Bertz CT molecular complexity index is 4270. The maximum atomic E-state index is 15.7. The number of hydrogen-bond donors (Lipinski definition) is 18. The van der Waals surface area contributed by atoms with E-state index in [9.17, 15) is 96.7 Å². The zero-order valence-corrected chi connectivity index (χ0v) is 42.4. The molecule has 442 valence electrons. The van der Waals surface area contributed by atoms with Crippen molar-refractivity contribution in [3.8, 4) is 126 Å². The van der Waals surface area contributed by atoms with Gasteiger partial charge in [-0.25, -0.2) is 24.0 Å². The van der Waals surface area contributed by atoms with E-state index in [0.29, 0.717) is 18.2 Å². The molecule has 18 N–H and O–H groups in total. The molecule has 6 heterocycles. The summed E-state index contributed by atoms with van der Waals surface area (Å²) in [4.78, 5) is 91.4. The van der Waals surface area contributed by atoms with Gasteiger partial charge in [0.1, 0.15) is 30.0 Å². The van der Waals surface area contributed by atoms with Crippen molar-refractivity contribution in [3.63, 3.8) is 0 Å². The zero-order chi connectivity index (χ0) is 61.7. The highest BCUT2D eigenvalue weighted by atomic mass is 16.6. The lowest BCUT2D eigenvalue weighted by Crippen LogP contribution is -2.63. The summed E-state index contributed by atoms with van der Waals surface area (Å²) in [5.41, 5.74) is -18.5. The molecule has 1 fully saturated rings. The van der Waals surface area contributed by atoms with Crippen LogP contribution in [0, 0.1) is 0 Å². The molecule has 0 radical (unpaired) electrons. The Balaban J connectivity index is 1.13. The second-order valence-corrected chi connectivity index (χ2v) is 20.6. The molecule has 7 aliphatic rings. The lowest BCUT2D eigenvalue weighted by molar-refractivity contribution is -0.184. The van der Waals surface area contributed by atoms with Crippen LogP contribution in [-0.4, -0.2) is 176 Å². The molecule has 1 saturated heterocycles. The number of aliphatic hydroxyl groups excluding tert-OH is 2. The third kappa shape index (κ3) is 6.83. The first-order valence-electron chi connectivity index (χ1n) is 24.9. The Morgan fingerprint density at radius 3 is 1.49 bits per heavy atom. The summed E-state index contributed by atoms with van der Waals surface area (Å²) in [7, 11) is 0. The first-order valence-corrected chi connectivity index (χ1v) is 24.9. The minimum absolute atomic E-state index is 0.169. The van der Waals surface area contributed by atoms with Gasteiger partial charge in [0, 0.05) is 62.6 Å². The van der Waals surface area contributed by atoms with E-state index in [1.165, 1.54) is 0 Å². The fraction of sp³-hybridized carbons (Fsp3) is 0.200. The largest absolute Gasteiger partial charge is 0.507 e. The quantitative estimate of drug-likeness (QED) is 0.0628. The zero-order valence-electron chi connectivity index (χ0n) is 42.4. The summed E-state index contributed by atoms with van der Waals surface area (Å²) in [5.74, 6) is -36.8. The maximum absolute atomic E-state index is 15.7. The third-order valence-electron chi connectivity index (χ3n) is 16.1. The van der Waals surface area contributed by atoms with Crippen molar-refractivity contribution in [1.82, 2.24) is 0 Å². The standard InChI is InChI=1S/C55H36O31/c56-14-1-9(2-15(57)34(14)63)45-19(61)3-10-20(81-45)7-21-26(33(10)62)31-47-48-46-22(8-80-50(75)11-4-16(58)35(64)38(67)23(11)24-12(52(77)83-46)5-17(59)36(65)39(24)68)82-51(76)13-6-18(60)37(66)40(69)25(13)27-29(53(78)85-48)28(42(71)44(73)41(27)70)30-32(54(79)84-47)55(31,86-21)49(74)43(30)72/h1-2,4-7,19,22,31,43,45-48,56-73H,3,8H2. The Labute approximate surface area is 473 Å². The highest BCUT2D eigenvalue weighted by Gasteiger charge is 2.74. The van der Waals surface area contributed by atoms with Gasteiger partial charge in [-0.3, -0.25) is 4.79 Å². The average Bonchev–Trinajstić information content (AvgIpc) is 1.49. The van der Waals surface area contributed by atoms with E-state index in [-0.39, 0.29) is 11.1 Å². The van der Waals surface area contributed by atoms with Crippen molar-refractivity contribution >= 4 is 41.2 Å². The van der Waals surface area contributed by atoms with Gasteiger partial charge >= 0.3 is 29.8 Å². The fourth-order valence-corrected chi connectivity index (χ4v) is 12.3. The summed E-state index contributed by atoms with van der Waals surface area (Å²) in [6, 6.07) is 3.83. The first kappa shape index (κ1) is 53.7. The van der Waals surface area contributed by atoms with E-state index in [1.54, 1.807) is 0 Å². The number of benzene rings is 6. The lowest BCUT2D eigenvalue weighted by Gasteiger charge is -2.45. The molecule has 31 nitrogen and oxygen atoms in total. The summed E-state index contributed by atoms with van der Waals surface area (Å²) >= 11 is 0. The molecule has 6 aliphatic heterocycles. The average molecular weight is 1190 g/mol. The van der Waals surface area contributed by atoms with Gasteiger partial charge in [0.2, 0.25) is 34.4 Å². The van der Waals surface area contributed by atoms with Crippen LogP contribution >= 0.6 is 0 Å². The number of ketones is 1. The number of aromatic hydroxyl groups is 16. The molecule has 86 heavy (non-hydrogen) atoms. The molecule has 6 aromatic rings. The van der Waals surface area contributed by atoms with Crippen molar-refractivity contribution in [2.75, 3.05) is 6.61 Å². The van der Waals surface area contributed by atoms with E-state index in [4.69, 9.17) is 33.2 Å². The normalized spacial score (nSPS) is 24.9. The molecule has 1 aliphatic carbocycles. The molecular formula is C55H36O31. The van der Waals surface area contributed by atoms with E-state index in [1.807, 2.05) is 0 Å². The molecule has 9 atom stereocenters. The second-order valence-electron chi connectivity index (χ2n) is 20.6. The number of aliphatic hydroxyl groups is 2. The summed E-state index contributed by atoms with van der Waals surface area (Å²) in [5, 5.41) is 202.